The van der Waals surface area contributed by atoms with Crippen molar-refractivity contribution < 1.29 is 0 Å². The molecule has 0 aliphatic rings. The normalized spacial score (nSPS) is 10.7. The van der Waals surface area contributed by atoms with E-state index in [2.05, 4.69) is 40.6 Å². The van der Waals surface area contributed by atoms with Gasteiger partial charge in [-0.2, -0.15) is 0 Å². The maximum absolute atomic E-state index is 5.84. The first kappa shape index (κ1) is 13.3. The van der Waals surface area contributed by atoms with Gasteiger partial charge >= 0.3 is 0 Å². The van der Waals surface area contributed by atoms with Gasteiger partial charge < -0.3 is 5.73 Å². The first-order valence-corrected chi connectivity index (χ1v) is 6.97. The molecule has 5 nitrogen and oxygen atoms in total. The predicted octanol–water partition coefficient (Wildman–Crippen LogP) is 2.53. The largest absolute Gasteiger partial charge is 0.399 e. The summed E-state index contributed by atoms with van der Waals surface area (Å²) < 4.78 is 1.81. The number of nitrogens with two attached hydrogens (primary N) is 1. The number of aryl methyl sites for hydroxylation is 1. The number of hydrogen-bond acceptors (Lipinski definition) is 4. The lowest BCUT2D eigenvalue weighted by Gasteiger charge is -2.09. The second-order valence-electron chi connectivity index (χ2n) is 4.91. The van der Waals surface area contributed by atoms with Crippen molar-refractivity contribution in [1.82, 2.24) is 20.2 Å². The summed E-state index contributed by atoms with van der Waals surface area (Å²) in [7, 11) is 0. The van der Waals surface area contributed by atoms with Crippen LogP contribution in [0.3, 0.4) is 0 Å². The fourth-order valence-corrected chi connectivity index (χ4v) is 2.41. The number of anilines is 1. The molecule has 0 unspecified atom stereocenters. The molecule has 0 atom stereocenters. The highest BCUT2D eigenvalue weighted by molar-refractivity contribution is 5.60. The Morgan fingerprint density at radius 3 is 2.62 bits per heavy atom. The van der Waals surface area contributed by atoms with Crippen LogP contribution in [0.5, 0.6) is 0 Å². The third-order valence-corrected chi connectivity index (χ3v) is 3.50. The number of rotatable bonds is 4. The van der Waals surface area contributed by atoms with Gasteiger partial charge in [-0.25, -0.2) is 4.68 Å². The summed E-state index contributed by atoms with van der Waals surface area (Å²) in [5, 5.41) is 12.0. The Bertz CT molecular complexity index is 748. The van der Waals surface area contributed by atoms with Crippen molar-refractivity contribution in [2.45, 2.75) is 19.9 Å². The monoisotopic (exact) mass is 279 g/mol. The molecule has 0 bridgehead atoms. The average Bonchev–Trinajstić information content (AvgIpc) is 2.96. The molecular weight excluding hydrogens is 262 g/mol. The van der Waals surface area contributed by atoms with E-state index >= 15 is 0 Å². The smallest absolute Gasteiger partial charge is 0.182 e. The summed E-state index contributed by atoms with van der Waals surface area (Å²) in [5.41, 5.74) is 10.0. The van der Waals surface area contributed by atoms with E-state index in [1.165, 1.54) is 11.1 Å². The molecule has 2 aromatic carbocycles. The molecule has 0 amide bonds. The van der Waals surface area contributed by atoms with Gasteiger partial charge in [0.2, 0.25) is 0 Å². The van der Waals surface area contributed by atoms with Gasteiger partial charge in [0.05, 0.1) is 6.54 Å². The Labute approximate surface area is 123 Å². The van der Waals surface area contributed by atoms with Crippen molar-refractivity contribution in [3.8, 4) is 11.4 Å². The summed E-state index contributed by atoms with van der Waals surface area (Å²) in [6, 6.07) is 16.0. The van der Waals surface area contributed by atoms with Crippen molar-refractivity contribution in [3.63, 3.8) is 0 Å². The first-order chi connectivity index (χ1) is 10.3. The fourth-order valence-electron chi connectivity index (χ4n) is 2.41. The van der Waals surface area contributed by atoms with Crippen LogP contribution in [0.15, 0.2) is 48.5 Å². The van der Waals surface area contributed by atoms with Gasteiger partial charge in [-0.05, 0) is 40.1 Å². The minimum atomic E-state index is 0.654. The molecule has 1 heterocycles. The maximum atomic E-state index is 5.84. The maximum Gasteiger partial charge on any atom is 0.182 e. The van der Waals surface area contributed by atoms with Crippen LogP contribution in [0, 0.1) is 0 Å². The molecule has 0 aliphatic carbocycles. The van der Waals surface area contributed by atoms with Crippen LogP contribution >= 0.6 is 0 Å². The molecule has 0 radical (unpaired) electrons. The van der Waals surface area contributed by atoms with Crippen molar-refractivity contribution >= 4 is 5.69 Å². The molecule has 0 spiro atoms. The van der Waals surface area contributed by atoms with Crippen LogP contribution in [0.25, 0.3) is 11.4 Å². The van der Waals surface area contributed by atoms with Crippen molar-refractivity contribution in [1.29, 1.82) is 0 Å². The number of nitrogens with zero attached hydrogens (tertiary/aromatic N) is 4. The van der Waals surface area contributed by atoms with E-state index in [1.54, 1.807) is 0 Å². The predicted molar refractivity (Wildman–Crippen MR) is 82.6 cm³/mol. The number of benzene rings is 2. The Morgan fingerprint density at radius 2 is 1.86 bits per heavy atom. The van der Waals surface area contributed by atoms with Gasteiger partial charge in [-0.1, -0.05) is 43.3 Å². The van der Waals surface area contributed by atoms with Crippen LogP contribution < -0.4 is 5.73 Å². The van der Waals surface area contributed by atoms with Crippen molar-refractivity contribution in [3.05, 3.63) is 59.7 Å². The van der Waals surface area contributed by atoms with Gasteiger partial charge in [-0.15, -0.1) is 5.10 Å². The van der Waals surface area contributed by atoms with Crippen LogP contribution in [0.4, 0.5) is 5.69 Å². The first-order valence-electron chi connectivity index (χ1n) is 6.97. The fraction of sp³-hybridized carbons (Fsp3) is 0.188. The number of aromatic nitrogens is 4. The standard InChI is InChI=1S/C16H17N5/c1-2-12-6-3-4-7-14(12)11-21-16(18-19-20-21)13-8-5-9-15(17)10-13/h3-10H,2,11,17H2,1H3. The van der Waals surface area contributed by atoms with E-state index in [0.29, 0.717) is 12.2 Å². The molecule has 0 aliphatic heterocycles. The summed E-state index contributed by atoms with van der Waals surface area (Å²) in [6.07, 6.45) is 0.992. The summed E-state index contributed by atoms with van der Waals surface area (Å²) in [4.78, 5) is 0. The van der Waals surface area contributed by atoms with Crippen molar-refractivity contribution in [2.24, 2.45) is 0 Å². The van der Waals surface area contributed by atoms with E-state index in [9.17, 15) is 0 Å². The lowest BCUT2D eigenvalue weighted by molar-refractivity contribution is 0.649. The zero-order valence-corrected chi connectivity index (χ0v) is 11.9. The molecule has 3 rings (SSSR count). The topological polar surface area (TPSA) is 69.6 Å². The Balaban J connectivity index is 1.96. The highest BCUT2D eigenvalue weighted by atomic mass is 15.5. The lowest BCUT2D eigenvalue weighted by atomic mass is 10.1. The molecule has 0 saturated carbocycles. The van der Waals surface area contributed by atoms with Crippen LogP contribution in [0.1, 0.15) is 18.1 Å². The molecule has 0 fully saturated rings. The highest BCUT2D eigenvalue weighted by Crippen LogP contribution is 2.20. The molecule has 1 aromatic heterocycles. The van der Waals surface area contributed by atoms with E-state index in [0.717, 1.165) is 17.8 Å². The Kier molecular flexibility index (Phi) is 3.64. The summed E-state index contributed by atoms with van der Waals surface area (Å²) in [5.74, 6) is 0.730. The molecule has 2 N–H and O–H groups in total. The quantitative estimate of drug-likeness (QED) is 0.745. The number of tetrazole rings is 1. The van der Waals surface area contributed by atoms with E-state index < -0.39 is 0 Å². The average molecular weight is 279 g/mol. The minimum Gasteiger partial charge on any atom is -0.399 e. The van der Waals surface area contributed by atoms with Gasteiger partial charge in [0.25, 0.3) is 0 Å². The third kappa shape index (κ3) is 2.76. The Morgan fingerprint density at radius 1 is 1.05 bits per heavy atom. The molecular formula is C16H17N5. The van der Waals surface area contributed by atoms with E-state index in [1.807, 2.05) is 35.0 Å². The van der Waals surface area contributed by atoms with Gasteiger partial charge in [-0.3, -0.25) is 0 Å². The zero-order chi connectivity index (χ0) is 14.7. The third-order valence-electron chi connectivity index (χ3n) is 3.50. The second-order valence-corrected chi connectivity index (χ2v) is 4.91. The van der Waals surface area contributed by atoms with E-state index in [4.69, 9.17) is 5.73 Å². The van der Waals surface area contributed by atoms with Gasteiger partial charge in [0.1, 0.15) is 0 Å². The molecule has 3 aromatic rings. The SMILES string of the molecule is CCc1ccccc1Cn1nnnc1-c1cccc(N)c1. The van der Waals surface area contributed by atoms with Gasteiger partial charge in [0, 0.05) is 11.3 Å². The van der Waals surface area contributed by atoms with E-state index in [-0.39, 0.29) is 0 Å². The highest BCUT2D eigenvalue weighted by Gasteiger charge is 2.10. The summed E-state index contributed by atoms with van der Waals surface area (Å²) in [6.45, 7) is 2.80. The zero-order valence-electron chi connectivity index (χ0n) is 11.9. The molecule has 5 heteroatoms. The summed E-state index contributed by atoms with van der Waals surface area (Å²) >= 11 is 0. The number of hydrogen-bond donors (Lipinski definition) is 1. The second kappa shape index (κ2) is 5.75. The molecule has 21 heavy (non-hydrogen) atoms. The number of nitrogen functional groups attached to an aromatic ring is 1. The van der Waals surface area contributed by atoms with Gasteiger partial charge in [0.15, 0.2) is 5.82 Å². The van der Waals surface area contributed by atoms with Crippen LogP contribution in [-0.2, 0) is 13.0 Å². The lowest BCUT2D eigenvalue weighted by Crippen LogP contribution is -2.06. The van der Waals surface area contributed by atoms with Crippen molar-refractivity contribution in [2.75, 3.05) is 5.73 Å². The molecule has 106 valence electrons. The minimum absolute atomic E-state index is 0.654. The Hall–Kier alpha value is -2.69. The van der Waals surface area contributed by atoms with Crippen LogP contribution in [0.2, 0.25) is 0 Å². The molecule has 0 saturated heterocycles. The van der Waals surface area contributed by atoms with Crippen LogP contribution in [-0.4, -0.2) is 20.2 Å².